The van der Waals surface area contributed by atoms with Crippen LogP contribution in [-0.2, 0) is 0 Å². The summed E-state index contributed by atoms with van der Waals surface area (Å²) in [6.45, 7) is 4.27. The van der Waals surface area contributed by atoms with Crippen molar-refractivity contribution in [3.05, 3.63) is 65.7 Å². The van der Waals surface area contributed by atoms with Gasteiger partial charge in [0.05, 0.1) is 0 Å². The van der Waals surface area contributed by atoms with E-state index >= 15 is 0 Å². The van der Waals surface area contributed by atoms with Crippen molar-refractivity contribution in [3.8, 4) is 5.75 Å². The van der Waals surface area contributed by atoms with Crippen molar-refractivity contribution in [1.29, 1.82) is 0 Å². The Morgan fingerprint density at radius 2 is 1.58 bits per heavy atom. The van der Waals surface area contributed by atoms with Gasteiger partial charge in [-0.15, -0.1) is 0 Å². The van der Waals surface area contributed by atoms with Crippen LogP contribution in [-0.4, -0.2) is 6.29 Å². The van der Waals surface area contributed by atoms with Gasteiger partial charge in [-0.2, -0.15) is 0 Å². The molecule has 0 heterocycles. The maximum atomic E-state index is 10.6. The summed E-state index contributed by atoms with van der Waals surface area (Å²) >= 11 is 0. The highest BCUT2D eigenvalue weighted by Crippen LogP contribution is 2.28. The molecule has 0 spiro atoms. The van der Waals surface area contributed by atoms with E-state index in [1.165, 1.54) is 0 Å². The van der Waals surface area contributed by atoms with Gasteiger partial charge >= 0.3 is 0 Å². The van der Waals surface area contributed by atoms with Crippen molar-refractivity contribution in [2.75, 3.05) is 0 Å². The summed E-state index contributed by atoms with van der Waals surface area (Å²) in [5.74, 6) is 1.15. The lowest BCUT2D eigenvalue weighted by Crippen LogP contribution is -2.14. The number of ether oxygens (including phenoxy) is 1. The standard InChI is InChI=1S/C17H18O2/c1-13(2)17(15-6-4-3-5-7-15)19-16-10-8-14(12-18)9-11-16/h3-13,17H,1-2H3. The van der Waals surface area contributed by atoms with Gasteiger partial charge in [-0.3, -0.25) is 4.79 Å². The van der Waals surface area contributed by atoms with E-state index in [9.17, 15) is 4.79 Å². The number of benzene rings is 2. The van der Waals surface area contributed by atoms with Gasteiger partial charge in [0.1, 0.15) is 18.1 Å². The average Bonchev–Trinajstić information content (AvgIpc) is 2.46. The Labute approximate surface area is 114 Å². The van der Waals surface area contributed by atoms with Crippen LogP contribution in [0.5, 0.6) is 5.75 Å². The third kappa shape index (κ3) is 3.44. The first-order chi connectivity index (χ1) is 9.20. The van der Waals surface area contributed by atoms with Gasteiger partial charge in [0, 0.05) is 5.56 Å². The molecular weight excluding hydrogens is 236 g/mol. The smallest absolute Gasteiger partial charge is 0.150 e. The maximum Gasteiger partial charge on any atom is 0.150 e. The van der Waals surface area contributed by atoms with Crippen molar-refractivity contribution < 1.29 is 9.53 Å². The summed E-state index contributed by atoms with van der Waals surface area (Å²) in [7, 11) is 0. The van der Waals surface area contributed by atoms with E-state index < -0.39 is 0 Å². The van der Waals surface area contributed by atoms with E-state index in [0.717, 1.165) is 17.6 Å². The molecular formula is C17H18O2. The molecule has 0 aromatic heterocycles. The topological polar surface area (TPSA) is 26.3 Å². The quantitative estimate of drug-likeness (QED) is 0.745. The predicted octanol–water partition coefficient (Wildman–Crippen LogP) is 4.28. The van der Waals surface area contributed by atoms with E-state index in [2.05, 4.69) is 26.0 Å². The van der Waals surface area contributed by atoms with Crippen molar-refractivity contribution in [1.82, 2.24) is 0 Å². The molecule has 2 heteroatoms. The number of hydrogen-bond acceptors (Lipinski definition) is 2. The van der Waals surface area contributed by atoms with E-state index in [1.807, 2.05) is 30.3 Å². The molecule has 0 radical (unpaired) electrons. The summed E-state index contributed by atoms with van der Waals surface area (Å²) in [4.78, 5) is 10.6. The molecule has 2 aromatic rings. The number of carbonyl (C=O) groups excluding carboxylic acids is 1. The molecule has 0 bridgehead atoms. The lowest BCUT2D eigenvalue weighted by Gasteiger charge is -2.23. The van der Waals surface area contributed by atoms with E-state index in [-0.39, 0.29) is 6.10 Å². The zero-order chi connectivity index (χ0) is 13.7. The minimum absolute atomic E-state index is 0.0169. The molecule has 0 saturated carbocycles. The van der Waals surface area contributed by atoms with Crippen molar-refractivity contribution >= 4 is 6.29 Å². The second-order valence-electron chi connectivity index (χ2n) is 4.88. The van der Waals surface area contributed by atoms with Crippen LogP contribution in [0.2, 0.25) is 0 Å². The lowest BCUT2D eigenvalue weighted by molar-refractivity contribution is 0.112. The monoisotopic (exact) mass is 254 g/mol. The fraction of sp³-hybridized carbons (Fsp3) is 0.235. The molecule has 0 saturated heterocycles. The Hall–Kier alpha value is -2.09. The fourth-order valence-electron chi connectivity index (χ4n) is 2.00. The Balaban J connectivity index is 2.19. The summed E-state index contributed by atoms with van der Waals surface area (Å²) < 4.78 is 6.05. The number of rotatable bonds is 5. The van der Waals surface area contributed by atoms with Crippen molar-refractivity contribution in [3.63, 3.8) is 0 Å². The van der Waals surface area contributed by atoms with Gasteiger partial charge in [-0.1, -0.05) is 44.2 Å². The molecule has 2 nitrogen and oxygen atoms in total. The Morgan fingerprint density at radius 3 is 2.11 bits per heavy atom. The zero-order valence-corrected chi connectivity index (χ0v) is 11.2. The van der Waals surface area contributed by atoms with Gasteiger partial charge in [0.15, 0.2) is 0 Å². The van der Waals surface area contributed by atoms with E-state index in [4.69, 9.17) is 4.74 Å². The molecule has 1 atom stereocenters. The van der Waals surface area contributed by atoms with Crippen LogP contribution in [0.25, 0.3) is 0 Å². The summed E-state index contributed by atoms with van der Waals surface area (Å²) in [6, 6.07) is 17.4. The first kappa shape index (κ1) is 13.3. The third-order valence-corrected chi connectivity index (χ3v) is 3.01. The number of carbonyl (C=O) groups is 1. The Kier molecular flexibility index (Phi) is 4.35. The van der Waals surface area contributed by atoms with Crippen LogP contribution in [0.1, 0.15) is 35.9 Å². The second-order valence-corrected chi connectivity index (χ2v) is 4.88. The van der Waals surface area contributed by atoms with Gasteiger partial charge in [0.25, 0.3) is 0 Å². The molecule has 2 aromatic carbocycles. The van der Waals surface area contributed by atoms with E-state index in [0.29, 0.717) is 11.5 Å². The summed E-state index contributed by atoms with van der Waals surface area (Å²) in [6.07, 6.45) is 0.851. The molecule has 0 fully saturated rings. The van der Waals surface area contributed by atoms with Crippen LogP contribution in [0.15, 0.2) is 54.6 Å². The van der Waals surface area contributed by atoms with Gasteiger partial charge in [-0.05, 0) is 35.7 Å². The zero-order valence-electron chi connectivity index (χ0n) is 11.2. The first-order valence-corrected chi connectivity index (χ1v) is 6.47. The minimum Gasteiger partial charge on any atom is -0.485 e. The van der Waals surface area contributed by atoms with Crippen molar-refractivity contribution in [2.24, 2.45) is 5.92 Å². The molecule has 98 valence electrons. The molecule has 0 aliphatic heterocycles. The normalized spacial score (nSPS) is 12.2. The minimum atomic E-state index is 0.0169. The second kappa shape index (κ2) is 6.19. The maximum absolute atomic E-state index is 10.6. The van der Waals surface area contributed by atoms with Crippen LogP contribution in [0.4, 0.5) is 0 Å². The van der Waals surface area contributed by atoms with E-state index in [1.54, 1.807) is 12.1 Å². The average molecular weight is 254 g/mol. The predicted molar refractivity (Wildman–Crippen MR) is 76.5 cm³/mol. The summed E-state index contributed by atoms with van der Waals surface area (Å²) in [5, 5.41) is 0. The van der Waals surface area contributed by atoms with Crippen LogP contribution in [0.3, 0.4) is 0 Å². The number of hydrogen-bond donors (Lipinski definition) is 0. The number of aldehydes is 1. The molecule has 1 unspecified atom stereocenters. The summed E-state index contributed by atoms with van der Waals surface area (Å²) in [5.41, 5.74) is 1.82. The fourth-order valence-corrected chi connectivity index (χ4v) is 2.00. The highest BCUT2D eigenvalue weighted by molar-refractivity contribution is 5.74. The van der Waals surface area contributed by atoms with Crippen LogP contribution in [0, 0.1) is 5.92 Å². The molecule has 0 aliphatic carbocycles. The highest BCUT2D eigenvalue weighted by atomic mass is 16.5. The van der Waals surface area contributed by atoms with Crippen molar-refractivity contribution in [2.45, 2.75) is 20.0 Å². The SMILES string of the molecule is CC(C)C(Oc1ccc(C=O)cc1)c1ccccc1. The van der Waals surface area contributed by atoms with Crippen LogP contribution >= 0.6 is 0 Å². The van der Waals surface area contributed by atoms with Gasteiger partial charge in [-0.25, -0.2) is 0 Å². The van der Waals surface area contributed by atoms with Gasteiger partial charge in [0.2, 0.25) is 0 Å². The third-order valence-electron chi connectivity index (χ3n) is 3.01. The van der Waals surface area contributed by atoms with Gasteiger partial charge < -0.3 is 4.74 Å². The molecule has 0 aliphatic rings. The Morgan fingerprint density at radius 1 is 0.947 bits per heavy atom. The lowest BCUT2D eigenvalue weighted by atomic mass is 9.99. The molecule has 0 N–H and O–H groups in total. The molecule has 19 heavy (non-hydrogen) atoms. The molecule has 0 amide bonds. The highest BCUT2D eigenvalue weighted by Gasteiger charge is 2.17. The Bertz CT molecular complexity index is 515. The largest absolute Gasteiger partial charge is 0.485 e. The van der Waals surface area contributed by atoms with Crippen LogP contribution < -0.4 is 4.74 Å². The molecule has 2 rings (SSSR count). The first-order valence-electron chi connectivity index (χ1n) is 6.47.